The zero-order valence-corrected chi connectivity index (χ0v) is 11.1. The van der Waals surface area contributed by atoms with Crippen LogP contribution in [0.3, 0.4) is 0 Å². The molecule has 2 aromatic rings. The van der Waals surface area contributed by atoms with Crippen LogP contribution in [0, 0.1) is 5.82 Å². The first-order valence-corrected chi connectivity index (χ1v) is 5.83. The molecule has 0 aliphatic rings. The summed E-state index contributed by atoms with van der Waals surface area (Å²) in [5.74, 6) is -0.0139. The van der Waals surface area contributed by atoms with Crippen LogP contribution in [-0.4, -0.2) is 12.1 Å². The van der Waals surface area contributed by atoms with Crippen LogP contribution >= 0.6 is 15.9 Å². The van der Waals surface area contributed by atoms with Gasteiger partial charge in [-0.3, -0.25) is 0 Å². The molecule has 0 atom stereocenters. The first-order chi connectivity index (χ1) is 8.60. The number of benzene rings is 1. The molecule has 4 nitrogen and oxygen atoms in total. The Kier molecular flexibility index (Phi) is 3.66. The van der Waals surface area contributed by atoms with Crippen molar-refractivity contribution in [3.8, 4) is 17.5 Å². The minimum absolute atomic E-state index is 0.0387. The van der Waals surface area contributed by atoms with Crippen molar-refractivity contribution in [1.29, 1.82) is 0 Å². The van der Waals surface area contributed by atoms with Crippen molar-refractivity contribution >= 4 is 21.6 Å². The van der Waals surface area contributed by atoms with E-state index in [4.69, 9.17) is 15.2 Å². The summed E-state index contributed by atoms with van der Waals surface area (Å²) in [7, 11) is 1.47. The first kappa shape index (κ1) is 12.6. The van der Waals surface area contributed by atoms with E-state index in [-0.39, 0.29) is 11.6 Å². The molecule has 0 fully saturated rings. The Morgan fingerprint density at radius 3 is 2.78 bits per heavy atom. The van der Waals surface area contributed by atoms with Crippen molar-refractivity contribution in [1.82, 2.24) is 4.98 Å². The maximum Gasteiger partial charge on any atom is 0.246 e. The van der Waals surface area contributed by atoms with Gasteiger partial charge in [-0.2, -0.15) is 4.98 Å². The number of pyridine rings is 1. The molecule has 2 N–H and O–H groups in total. The van der Waals surface area contributed by atoms with Crippen LogP contribution < -0.4 is 15.2 Å². The van der Waals surface area contributed by atoms with Crippen molar-refractivity contribution in [2.45, 2.75) is 0 Å². The van der Waals surface area contributed by atoms with Crippen LogP contribution in [0.5, 0.6) is 17.5 Å². The monoisotopic (exact) mass is 312 g/mol. The summed E-state index contributed by atoms with van der Waals surface area (Å²) in [6.45, 7) is 0. The quantitative estimate of drug-likeness (QED) is 0.944. The topological polar surface area (TPSA) is 57.4 Å². The van der Waals surface area contributed by atoms with Gasteiger partial charge in [0.25, 0.3) is 0 Å². The molecular formula is C12H10BrFN2O2. The summed E-state index contributed by atoms with van der Waals surface area (Å²) in [6, 6.07) is 7.53. The van der Waals surface area contributed by atoms with Gasteiger partial charge < -0.3 is 15.2 Å². The molecule has 1 heterocycles. The fourth-order valence-electron chi connectivity index (χ4n) is 1.29. The molecular weight excluding hydrogens is 303 g/mol. The fourth-order valence-corrected chi connectivity index (χ4v) is 1.63. The van der Waals surface area contributed by atoms with Crippen molar-refractivity contribution in [3.63, 3.8) is 0 Å². The Bertz CT molecular complexity index is 578. The van der Waals surface area contributed by atoms with Crippen molar-refractivity contribution in [2.75, 3.05) is 12.8 Å². The maximum absolute atomic E-state index is 13.5. The van der Waals surface area contributed by atoms with Gasteiger partial charge in [0.15, 0.2) is 11.6 Å². The average Bonchev–Trinajstić information content (AvgIpc) is 2.36. The number of anilines is 1. The summed E-state index contributed by atoms with van der Waals surface area (Å²) >= 11 is 3.23. The van der Waals surface area contributed by atoms with Crippen LogP contribution in [0.25, 0.3) is 0 Å². The Morgan fingerprint density at radius 1 is 1.28 bits per heavy atom. The van der Waals surface area contributed by atoms with Gasteiger partial charge in [0.05, 0.1) is 12.8 Å². The van der Waals surface area contributed by atoms with E-state index < -0.39 is 5.82 Å². The number of nitrogens with two attached hydrogens (primary N) is 1. The number of aromatic nitrogens is 1. The van der Waals surface area contributed by atoms with Crippen LogP contribution in [0.2, 0.25) is 0 Å². The SMILES string of the molecule is COc1ccc(N)c(Oc2cc(Br)ccc2F)n1. The lowest BCUT2D eigenvalue weighted by Gasteiger charge is -2.09. The number of rotatable bonds is 3. The van der Waals surface area contributed by atoms with E-state index in [9.17, 15) is 4.39 Å². The zero-order chi connectivity index (χ0) is 13.1. The molecule has 2 rings (SSSR count). The highest BCUT2D eigenvalue weighted by Crippen LogP contribution is 2.30. The fraction of sp³-hybridized carbons (Fsp3) is 0.0833. The predicted octanol–water partition coefficient (Wildman–Crippen LogP) is 3.37. The van der Waals surface area contributed by atoms with Crippen LogP contribution in [0.4, 0.5) is 10.1 Å². The normalized spacial score (nSPS) is 10.2. The highest BCUT2D eigenvalue weighted by molar-refractivity contribution is 9.10. The lowest BCUT2D eigenvalue weighted by Crippen LogP contribution is -1.98. The molecule has 18 heavy (non-hydrogen) atoms. The zero-order valence-electron chi connectivity index (χ0n) is 9.48. The third-order valence-corrected chi connectivity index (χ3v) is 2.67. The minimum Gasteiger partial charge on any atom is -0.481 e. The molecule has 1 aromatic heterocycles. The van der Waals surface area contributed by atoms with Gasteiger partial charge in [-0.05, 0) is 24.3 Å². The molecule has 0 bridgehead atoms. The molecule has 0 amide bonds. The van der Waals surface area contributed by atoms with E-state index in [0.29, 0.717) is 16.0 Å². The number of nitrogen functional groups attached to an aromatic ring is 1. The second-order valence-corrected chi connectivity index (χ2v) is 4.34. The average molecular weight is 313 g/mol. The van der Waals surface area contributed by atoms with Gasteiger partial charge >= 0.3 is 0 Å². The Hall–Kier alpha value is -1.82. The van der Waals surface area contributed by atoms with E-state index in [2.05, 4.69) is 20.9 Å². The molecule has 0 saturated heterocycles. The highest BCUT2D eigenvalue weighted by atomic mass is 79.9. The third kappa shape index (κ3) is 2.70. The number of ether oxygens (including phenoxy) is 2. The lowest BCUT2D eigenvalue weighted by atomic mass is 10.3. The van der Waals surface area contributed by atoms with Gasteiger partial charge in [-0.1, -0.05) is 15.9 Å². The maximum atomic E-state index is 13.5. The van der Waals surface area contributed by atoms with Gasteiger partial charge in [0.1, 0.15) is 0 Å². The third-order valence-electron chi connectivity index (χ3n) is 2.17. The summed E-state index contributed by atoms with van der Waals surface area (Å²) in [5, 5.41) is 0. The molecule has 0 saturated carbocycles. The predicted molar refractivity (Wildman–Crippen MR) is 69.4 cm³/mol. The molecule has 1 aromatic carbocycles. The summed E-state index contributed by atoms with van der Waals surface area (Å²) in [6.07, 6.45) is 0. The highest BCUT2D eigenvalue weighted by Gasteiger charge is 2.10. The molecule has 0 aliphatic heterocycles. The molecule has 0 spiro atoms. The van der Waals surface area contributed by atoms with E-state index >= 15 is 0 Å². The van der Waals surface area contributed by atoms with Crippen LogP contribution in [-0.2, 0) is 0 Å². The second kappa shape index (κ2) is 5.22. The second-order valence-electron chi connectivity index (χ2n) is 3.42. The summed E-state index contributed by atoms with van der Waals surface area (Å²) in [5.41, 5.74) is 6.00. The summed E-state index contributed by atoms with van der Waals surface area (Å²) in [4.78, 5) is 4.01. The first-order valence-electron chi connectivity index (χ1n) is 5.03. The number of halogens is 2. The molecule has 0 aliphatic carbocycles. The Labute approximate surface area is 112 Å². The molecule has 6 heteroatoms. The molecule has 0 radical (unpaired) electrons. The largest absolute Gasteiger partial charge is 0.481 e. The summed E-state index contributed by atoms with van der Waals surface area (Å²) < 4.78 is 24.5. The molecule has 0 unspecified atom stereocenters. The number of methoxy groups -OCH3 is 1. The van der Waals surface area contributed by atoms with Crippen molar-refractivity contribution in [3.05, 3.63) is 40.6 Å². The van der Waals surface area contributed by atoms with Crippen molar-refractivity contribution in [2.24, 2.45) is 0 Å². The van der Waals surface area contributed by atoms with Crippen molar-refractivity contribution < 1.29 is 13.9 Å². The number of nitrogens with zero attached hydrogens (tertiary/aromatic N) is 1. The smallest absolute Gasteiger partial charge is 0.246 e. The van der Waals surface area contributed by atoms with Gasteiger partial charge in [0.2, 0.25) is 11.8 Å². The van der Waals surface area contributed by atoms with E-state index in [1.165, 1.54) is 19.2 Å². The van der Waals surface area contributed by atoms with Crippen LogP contribution in [0.1, 0.15) is 0 Å². The van der Waals surface area contributed by atoms with E-state index in [1.54, 1.807) is 18.2 Å². The number of hydrogen-bond acceptors (Lipinski definition) is 4. The molecule has 94 valence electrons. The Morgan fingerprint density at radius 2 is 2.06 bits per heavy atom. The van der Waals surface area contributed by atoms with E-state index in [0.717, 1.165) is 0 Å². The van der Waals surface area contributed by atoms with Crippen LogP contribution in [0.15, 0.2) is 34.8 Å². The van der Waals surface area contributed by atoms with Gasteiger partial charge in [-0.25, -0.2) is 4.39 Å². The number of hydrogen-bond donors (Lipinski definition) is 1. The van der Waals surface area contributed by atoms with Gasteiger partial charge in [-0.15, -0.1) is 0 Å². The standard InChI is InChI=1S/C12H10BrFN2O2/c1-17-11-5-4-9(15)12(16-11)18-10-6-7(13)2-3-8(10)14/h2-6H,15H2,1H3. The minimum atomic E-state index is -0.498. The van der Waals surface area contributed by atoms with Gasteiger partial charge in [0, 0.05) is 10.5 Å². The lowest BCUT2D eigenvalue weighted by molar-refractivity contribution is 0.379. The van der Waals surface area contributed by atoms with E-state index in [1.807, 2.05) is 0 Å². The Balaban J connectivity index is 2.36.